The molecule has 1 aromatic carbocycles. The van der Waals surface area contributed by atoms with Crippen LogP contribution in [-0.2, 0) is 0 Å². The molecule has 0 saturated carbocycles. The molecule has 0 aromatic heterocycles. The molecule has 0 fully saturated rings. The van der Waals surface area contributed by atoms with E-state index in [2.05, 4.69) is 15.9 Å². The van der Waals surface area contributed by atoms with Crippen LogP contribution >= 0.6 is 15.9 Å². The van der Waals surface area contributed by atoms with Crippen LogP contribution in [0.15, 0.2) is 18.2 Å². The van der Waals surface area contributed by atoms with Gasteiger partial charge in [0, 0.05) is 11.4 Å². The molecule has 0 spiro atoms. The molecule has 0 aliphatic carbocycles. The normalized spacial score (nSPS) is 14.1. The first-order valence-corrected chi connectivity index (χ1v) is 5.87. The number of hydrogen-bond donors (Lipinski definition) is 2. The van der Waals surface area contributed by atoms with E-state index in [1.54, 1.807) is 0 Å². The van der Waals surface area contributed by atoms with Crippen molar-refractivity contribution in [3.63, 3.8) is 0 Å². The highest BCUT2D eigenvalue weighted by molar-refractivity contribution is 9.09. The van der Waals surface area contributed by atoms with E-state index < -0.39 is 17.1 Å². The van der Waals surface area contributed by atoms with E-state index >= 15 is 0 Å². The maximum absolute atomic E-state index is 10.8. The summed E-state index contributed by atoms with van der Waals surface area (Å²) in [5.41, 5.74) is -0.223. The second-order valence-corrected chi connectivity index (χ2v) is 4.00. The molecule has 6 nitrogen and oxygen atoms in total. The van der Waals surface area contributed by atoms with Crippen LogP contribution in [0.1, 0.15) is 11.7 Å². The molecule has 0 radical (unpaired) electrons. The Morgan fingerprint density at radius 1 is 1.53 bits per heavy atom. The smallest absolute Gasteiger partial charge is 0.275 e. The number of aliphatic hydroxyl groups excluding tert-OH is 2. The van der Waals surface area contributed by atoms with Crippen molar-refractivity contribution < 1.29 is 19.9 Å². The Balaban J connectivity index is 3.21. The van der Waals surface area contributed by atoms with Crippen molar-refractivity contribution in [2.75, 3.05) is 12.4 Å². The van der Waals surface area contributed by atoms with Crippen LogP contribution in [0.5, 0.6) is 5.75 Å². The van der Waals surface area contributed by atoms with Gasteiger partial charge in [0.15, 0.2) is 0 Å². The van der Waals surface area contributed by atoms with Gasteiger partial charge in [-0.3, -0.25) is 10.1 Å². The Kier molecular flexibility index (Phi) is 4.86. The van der Waals surface area contributed by atoms with E-state index in [0.717, 1.165) is 0 Å². The van der Waals surface area contributed by atoms with Crippen LogP contribution in [0, 0.1) is 10.1 Å². The van der Waals surface area contributed by atoms with E-state index in [4.69, 9.17) is 4.74 Å². The van der Waals surface area contributed by atoms with Crippen LogP contribution in [0.3, 0.4) is 0 Å². The predicted molar refractivity (Wildman–Crippen MR) is 64.4 cm³/mol. The Morgan fingerprint density at radius 3 is 2.65 bits per heavy atom. The van der Waals surface area contributed by atoms with Crippen LogP contribution in [-0.4, -0.2) is 33.7 Å². The van der Waals surface area contributed by atoms with E-state index in [1.165, 1.54) is 25.3 Å². The average molecular weight is 306 g/mol. The molecule has 0 aliphatic rings. The molecule has 0 bridgehead atoms. The molecular weight excluding hydrogens is 294 g/mol. The summed E-state index contributed by atoms with van der Waals surface area (Å²) in [4.78, 5) is 10.2. The van der Waals surface area contributed by atoms with E-state index in [-0.39, 0.29) is 16.6 Å². The lowest BCUT2D eigenvalue weighted by Gasteiger charge is -2.16. The first-order chi connectivity index (χ1) is 8.01. The second-order valence-electron chi connectivity index (χ2n) is 3.35. The highest BCUT2D eigenvalue weighted by Crippen LogP contribution is 2.31. The quantitative estimate of drug-likeness (QED) is 0.487. The zero-order chi connectivity index (χ0) is 13.0. The summed E-state index contributed by atoms with van der Waals surface area (Å²) in [5, 5.41) is 30.2. The Bertz CT molecular complexity index is 412. The zero-order valence-corrected chi connectivity index (χ0v) is 10.6. The van der Waals surface area contributed by atoms with E-state index in [9.17, 15) is 20.3 Å². The van der Waals surface area contributed by atoms with Gasteiger partial charge >= 0.3 is 0 Å². The average Bonchev–Trinajstić information content (AvgIpc) is 2.35. The summed E-state index contributed by atoms with van der Waals surface area (Å²) < 4.78 is 4.93. The first-order valence-electron chi connectivity index (χ1n) is 4.75. The third kappa shape index (κ3) is 3.15. The molecule has 0 heterocycles. The van der Waals surface area contributed by atoms with Crippen molar-refractivity contribution in [1.82, 2.24) is 0 Å². The largest absolute Gasteiger partial charge is 0.497 e. The number of alkyl halides is 1. The zero-order valence-electron chi connectivity index (χ0n) is 9.04. The maximum Gasteiger partial charge on any atom is 0.275 e. The van der Waals surface area contributed by atoms with Gasteiger partial charge in [0.1, 0.15) is 11.9 Å². The monoisotopic (exact) mass is 305 g/mol. The number of hydrogen-bond acceptors (Lipinski definition) is 5. The maximum atomic E-state index is 10.8. The Morgan fingerprint density at radius 2 is 2.18 bits per heavy atom. The van der Waals surface area contributed by atoms with Gasteiger partial charge < -0.3 is 14.9 Å². The molecular formula is C10H12BrNO5. The van der Waals surface area contributed by atoms with E-state index in [0.29, 0.717) is 5.75 Å². The fourth-order valence-corrected chi connectivity index (χ4v) is 1.71. The third-order valence-corrected chi connectivity index (χ3v) is 2.94. The number of ether oxygens (including phenoxy) is 1. The second kappa shape index (κ2) is 5.95. The molecule has 1 rings (SSSR count). The fourth-order valence-electron chi connectivity index (χ4n) is 1.35. The molecule has 94 valence electrons. The van der Waals surface area contributed by atoms with Gasteiger partial charge in [0.25, 0.3) is 5.69 Å². The van der Waals surface area contributed by atoms with Gasteiger partial charge in [0.05, 0.1) is 23.7 Å². The minimum Gasteiger partial charge on any atom is -0.497 e. The molecule has 17 heavy (non-hydrogen) atoms. The van der Waals surface area contributed by atoms with Gasteiger partial charge in [-0.25, -0.2) is 0 Å². The van der Waals surface area contributed by atoms with Crippen molar-refractivity contribution in [3.8, 4) is 5.75 Å². The first kappa shape index (κ1) is 13.9. The predicted octanol–water partition coefficient (Wildman–Crippen LogP) is 1.39. The number of benzene rings is 1. The van der Waals surface area contributed by atoms with Crippen LogP contribution < -0.4 is 4.74 Å². The SMILES string of the molecule is COc1ccc([N+](=O)[O-])c(C(O)C(O)CBr)c1. The summed E-state index contributed by atoms with van der Waals surface area (Å²) in [7, 11) is 1.41. The molecule has 0 saturated heterocycles. The summed E-state index contributed by atoms with van der Waals surface area (Å²) in [6.45, 7) is 0. The number of nitro benzene ring substituents is 1. The molecule has 1 aromatic rings. The number of methoxy groups -OCH3 is 1. The fraction of sp³-hybridized carbons (Fsp3) is 0.400. The van der Waals surface area contributed by atoms with Crippen molar-refractivity contribution in [3.05, 3.63) is 33.9 Å². The van der Waals surface area contributed by atoms with Crippen LogP contribution in [0.25, 0.3) is 0 Å². The van der Waals surface area contributed by atoms with Crippen LogP contribution in [0.2, 0.25) is 0 Å². The van der Waals surface area contributed by atoms with Crippen molar-refractivity contribution >= 4 is 21.6 Å². The lowest BCUT2D eigenvalue weighted by Crippen LogP contribution is -2.20. The summed E-state index contributed by atoms with van der Waals surface area (Å²) in [6.07, 6.45) is -2.47. The molecule has 2 unspecified atom stereocenters. The molecule has 2 atom stereocenters. The minimum atomic E-state index is -1.34. The number of rotatable bonds is 5. The third-order valence-electron chi connectivity index (χ3n) is 2.27. The van der Waals surface area contributed by atoms with Crippen LogP contribution in [0.4, 0.5) is 5.69 Å². The molecule has 0 amide bonds. The van der Waals surface area contributed by atoms with E-state index in [1.807, 2.05) is 0 Å². The topological polar surface area (TPSA) is 92.8 Å². The van der Waals surface area contributed by atoms with Crippen molar-refractivity contribution in [2.45, 2.75) is 12.2 Å². The van der Waals surface area contributed by atoms with Gasteiger partial charge in [-0.1, -0.05) is 15.9 Å². The summed E-state index contributed by atoms with van der Waals surface area (Å²) in [5.74, 6) is 0.381. The summed E-state index contributed by atoms with van der Waals surface area (Å²) >= 11 is 3.00. The number of nitrogens with zero attached hydrogens (tertiary/aromatic N) is 1. The molecule has 7 heteroatoms. The lowest BCUT2D eigenvalue weighted by molar-refractivity contribution is -0.386. The van der Waals surface area contributed by atoms with Crippen molar-refractivity contribution in [2.24, 2.45) is 0 Å². The summed E-state index contributed by atoms with van der Waals surface area (Å²) in [6, 6.07) is 4.00. The van der Waals surface area contributed by atoms with Gasteiger partial charge in [-0.2, -0.15) is 0 Å². The molecule has 2 N–H and O–H groups in total. The minimum absolute atomic E-state index is 0.0290. The standard InChI is InChI=1S/C10H12BrNO5/c1-17-6-2-3-8(12(15)16)7(4-6)10(14)9(13)5-11/h2-4,9-10,13-14H,5H2,1H3. The Hall–Kier alpha value is -1.18. The highest BCUT2D eigenvalue weighted by atomic mass is 79.9. The molecule has 0 aliphatic heterocycles. The highest BCUT2D eigenvalue weighted by Gasteiger charge is 2.26. The van der Waals surface area contributed by atoms with Gasteiger partial charge in [0.2, 0.25) is 0 Å². The van der Waals surface area contributed by atoms with Gasteiger partial charge in [-0.15, -0.1) is 0 Å². The van der Waals surface area contributed by atoms with Gasteiger partial charge in [-0.05, 0) is 12.1 Å². The number of aliphatic hydroxyl groups is 2. The number of halogens is 1. The lowest BCUT2D eigenvalue weighted by atomic mass is 10.0. The Labute approximate surface area is 106 Å². The number of nitro groups is 1. The van der Waals surface area contributed by atoms with Crippen molar-refractivity contribution in [1.29, 1.82) is 0 Å².